The van der Waals surface area contributed by atoms with Crippen LogP contribution in [0.5, 0.6) is 0 Å². The molecule has 0 nitrogen and oxygen atoms in total. The van der Waals surface area contributed by atoms with Crippen LogP contribution < -0.4 is 0 Å². The van der Waals surface area contributed by atoms with E-state index in [0.717, 1.165) is 4.71 Å². The molecule has 0 N–H and O–H groups in total. The minimum absolute atomic E-state index is 0.731. The molecule has 0 atom stereocenters. The van der Waals surface area contributed by atoms with Crippen LogP contribution in [0, 0.1) is 0 Å². The van der Waals surface area contributed by atoms with Crippen LogP contribution in [0.3, 0.4) is 0 Å². The van der Waals surface area contributed by atoms with Crippen LogP contribution in [0.2, 0.25) is 4.71 Å². The first kappa shape index (κ1) is 8.24. The van der Waals surface area contributed by atoms with Crippen molar-refractivity contribution in [2.24, 2.45) is 0 Å². The van der Waals surface area contributed by atoms with Crippen LogP contribution in [0.25, 0.3) is 0 Å². The summed E-state index contributed by atoms with van der Waals surface area (Å²) in [6.07, 6.45) is 6.71. The Kier molecular flexibility index (Phi) is 3.76. The maximum atomic E-state index is 5.87. The van der Waals surface area contributed by atoms with Gasteiger partial charge in [0.2, 0.25) is 0 Å². The third kappa shape index (κ3) is 2.70. The summed E-state index contributed by atoms with van der Waals surface area (Å²) in [5.41, 5.74) is 0. The van der Waals surface area contributed by atoms with Gasteiger partial charge in [-0.05, 0) is 0 Å². The second-order valence-corrected chi connectivity index (χ2v) is 9.85. The van der Waals surface area contributed by atoms with Gasteiger partial charge in [0, 0.05) is 0 Å². The van der Waals surface area contributed by atoms with Crippen molar-refractivity contribution in [3.8, 4) is 0 Å². The zero-order valence-corrected chi connectivity index (χ0v) is 8.70. The quantitative estimate of drug-likeness (QED) is 0.605. The normalized spacial score (nSPS) is 23.0. The molecule has 0 heterocycles. The standard InChI is InChI=1S/C6H11AsCl2/c8-7(9)6-4-2-1-3-5-6/h6H,1-5H2. The summed E-state index contributed by atoms with van der Waals surface area (Å²) in [6, 6.07) is 0. The van der Waals surface area contributed by atoms with Gasteiger partial charge in [-0.15, -0.1) is 0 Å². The van der Waals surface area contributed by atoms with E-state index < -0.39 is 12.8 Å². The molecule has 0 aromatic heterocycles. The molecular formula is C6H11AsCl2. The first-order valence-corrected chi connectivity index (χ1v) is 9.43. The van der Waals surface area contributed by atoms with Crippen molar-refractivity contribution in [3.63, 3.8) is 0 Å². The Hall–Kier alpha value is 1.14. The summed E-state index contributed by atoms with van der Waals surface area (Å²) in [4.78, 5) is 0. The second-order valence-electron chi connectivity index (χ2n) is 2.55. The van der Waals surface area contributed by atoms with Crippen molar-refractivity contribution >= 4 is 32.7 Å². The van der Waals surface area contributed by atoms with Crippen molar-refractivity contribution in [1.82, 2.24) is 0 Å². The van der Waals surface area contributed by atoms with Crippen LogP contribution in [-0.2, 0) is 0 Å². The average Bonchev–Trinajstić information content (AvgIpc) is 1.90. The molecule has 0 aliphatic heterocycles. The zero-order valence-electron chi connectivity index (χ0n) is 5.32. The average molecular weight is 229 g/mol. The molecule has 0 amide bonds. The number of rotatable bonds is 1. The molecule has 0 saturated heterocycles. The molecular weight excluding hydrogens is 218 g/mol. The van der Waals surface area contributed by atoms with Crippen molar-refractivity contribution in [2.75, 3.05) is 0 Å². The fraction of sp³-hybridized carbons (Fsp3) is 1.00. The monoisotopic (exact) mass is 228 g/mol. The Labute approximate surface area is 69.5 Å². The molecule has 0 radical (unpaired) electrons. The van der Waals surface area contributed by atoms with Gasteiger partial charge in [0.15, 0.2) is 0 Å². The first-order chi connectivity index (χ1) is 4.30. The molecule has 9 heavy (non-hydrogen) atoms. The summed E-state index contributed by atoms with van der Waals surface area (Å²) in [5, 5.41) is 0. The van der Waals surface area contributed by atoms with Crippen LogP contribution >= 0.6 is 19.9 Å². The third-order valence-corrected chi connectivity index (χ3v) is 6.96. The van der Waals surface area contributed by atoms with E-state index in [1.807, 2.05) is 0 Å². The Bertz CT molecular complexity index is 79.1. The molecule has 1 aliphatic rings. The van der Waals surface area contributed by atoms with E-state index in [4.69, 9.17) is 19.9 Å². The number of halogens is 2. The van der Waals surface area contributed by atoms with E-state index in [-0.39, 0.29) is 0 Å². The predicted molar refractivity (Wildman–Crippen MR) is 44.3 cm³/mol. The van der Waals surface area contributed by atoms with Gasteiger partial charge in [0.05, 0.1) is 0 Å². The predicted octanol–water partition coefficient (Wildman–Crippen LogP) is 3.29. The van der Waals surface area contributed by atoms with Crippen LogP contribution in [-0.4, -0.2) is 12.8 Å². The van der Waals surface area contributed by atoms with Crippen LogP contribution in [0.1, 0.15) is 32.1 Å². The maximum absolute atomic E-state index is 5.87. The van der Waals surface area contributed by atoms with Gasteiger partial charge < -0.3 is 0 Å². The summed E-state index contributed by atoms with van der Waals surface area (Å²) in [7, 11) is 11.7. The second kappa shape index (κ2) is 4.11. The van der Waals surface area contributed by atoms with E-state index in [1.54, 1.807) is 0 Å². The number of hydrogen-bond acceptors (Lipinski definition) is 0. The third-order valence-electron chi connectivity index (χ3n) is 1.85. The molecule has 3 heteroatoms. The summed E-state index contributed by atoms with van der Waals surface area (Å²) < 4.78 is 0.731. The molecule has 0 unspecified atom stereocenters. The molecule has 0 bridgehead atoms. The van der Waals surface area contributed by atoms with Gasteiger partial charge in [0.25, 0.3) is 0 Å². The van der Waals surface area contributed by atoms with E-state index in [2.05, 4.69) is 0 Å². The van der Waals surface area contributed by atoms with Crippen LogP contribution in [0.15, 0.2) is 0 Å². The molecule has 1 fully saturated rings. The summed E-state index contributed by atoms with van der Waals surface area (Å²) in [6.45, 7) is 0. The van der Waals surface area contributed by atoms with Gasteiger partial charge in [-0.1, -0.05) is 0 Å². The molecule has 1 aliphatic carbocycles. The van der Waals surface area contributed by atoms with Crippen molar-refractivity contribution in [3.05, 3.63) is 0 Å². The van der Waals surface area contributed by atoms with Crippen molar-refractivity contribution < 1.29 is 0 Å². The topological polar surface area (TPSA) is 0 Å². The zero-order chi connectivity index (χ0) is 6.69. The Morgan fingerprint density at radius 3 is 1.89 bits per heavy atom. The Balaban J connectivity index is 2.23. The van der Waals surface area contributed by atoms with Gasteiger partial charge in [-0.2, -0.15) is 0 Å². The Morgan fingerprint density at radius 2 is 1.56 bits per heavy atom. The van der Waals surface area contributed by atoms with Crippen LogP contribution in [0.4, 0.5) is 0 Å². The van der Waals surface area contributed by atoms with Gasteiger partial charge in [-0.25, -0.2) is 0 Å². The van der Waals surface area contributed by atoms with Crippen molar-refractivity contribution in [2.45, 2.75) is 36.8 Å². The van der Waals surface area contributed by atoms with E-state index in [0.29, 0.717) is 0 Å². The first-order valence-electron chi connectivity index (χ1n) is 3.41. The van der Waals surface area contributed by atoms with Gasteiger partial charge >= 0.3 is 69.5 Å². The van der Waals surface area contributed by atoms with Gasteiger partial charge in [-0.3, -0.25) is 0 Å². The summed E-state index contributed by atoms with van der Waals surface area (Å²) >= 11 is -1.37. The molecule has 0 aromatic carbocycles. The van der Waals surface area contributed by atoms with E-state index in [9.17, 15) is 0 Å². The van der Waals surface area contributed by atoms with E-state index in [1.165, 1.54) is 32.1 Å². The van der Waals surface area contributed by atoms with E-state index >= 15 is 0 Å². The fourth-order valence-corrected chi connectivity index (χ4v) is 4.89. The van der Waals surface area contributed by atoms with Crippen molar-refractivity contribution in [1.29, 1.82) is 0 Å². The Morgan fingerprint density at radius 1 is 1.00 bits per heavy atom. The molecule has 0 spiro atoms. The van der Waals surface area contributed by atoms with Gasteiger partial charge in [0.1, 0.15) is 0 Å². The SMILES string of the molecule is Cl[As](Cl)C1CCCCC1. The fourth-order valence-electron chi connectivity index (χ4n) is 1.28. The molecule has 54 valence electrons. The molecule has 1 rings (SSSR count). The molecule has 1 saturated carbocycles. The minimum atomic E-state index is -1.37. The summed E-state index contributed by atoms with van der Waals surface area (Å²) in [5.74, 6) is 0. The number of hydrogen-bond donors (Lipinski definition) is 0. The molecule has 0 aromatic rings.